The second-order valence-electron chi connectivity index (χ2n) is 10.3. The average molecular weight is 600 g/mol. The minimum Gasteiger partial charge on any atom is -0.696 e. The Labute approximate surface area is 253 Å². The van der Waals surface area contributed by atoms with E-state index in [-0.39, 0.29) is 17.1 Å². The van der Waals surface area contributed by atoms with Gasteiger partial charge in [-0.2, -0.15) is 0 Å². The summed E-state index contributed by atoms with van der Waals surface area (Å²) in [6.07, 6.45) is 22.6. The van der Waals surface area contributed by atoms with Crippen LogP contribution in [0, 0.1) is 45.0 Å². The van der Waals surface area contributed by atoms with Crippen LogP contribution in [0.5, 0.6) is 0 Å². The topological polar surface area (TPSA) is 75.8 Å². The Kier molecular flexibility index (Phi) is 37.9. The fraction of sp³-hybridized carbons (Fsp3) is 0.933. The summed E-state index contributed by atoms with van der Waals surface area (Å²) < 4.78 is 0. The molecule has 0 aromatic carbocycles. The smallest absolute Gasteiger partial charge is 0 e. The van der Waals surface area contributed by atoms with Gasteiger partial charge in [0.1, 0.15) is 0 Å². The summed E-state index contributed by atoms with van der Waals surface area (Å²) in [7, 11) is 0. The molecule has 0 bridgehead atoms. The molecule has 0 aromatic rings. The largest absolute Gasteiger partial charge is 0.696 e. The van der Waals surface area contributed by atoms with Crippen LogP contribution in [0.15, 0.2) is 0 Å². The second kappa shape index (κ2) is 33.9. The van der Waals surface area contributed by atoms with Crippen molar-refractivity contribution >= 4 is 25.3 Å². The molecular weight excluding hydrogens is 544 g/mol. The Bertz CT molecular complexity index is 451. The van der Waals surface area contributed by atoms with Gasteiger partial charge in [-0.3, -0.25) is 0 Å². The summed E-state index contributed by atoms with van der Waals surface area (Å²) >= 11 is 7.40. The summed E-state index contributed by atoms with van der Waals surface area (Å²) in [6.45, 7) is 13.8. The van der Waals surface area contributed by atoms with Crippen LogP contribution in [-0.4, -0.2) is 26.2 Å². The van der Waals surface area contributed by atoms with E-state index in [1.807, 2.05) is 0 Å². The maximum atomic E-state index is 7.13. The molecule has 0 unspecified atom stereocenters. The summed E-state index contributed by atoms with van der Waals surface area (Å²) in [5.74, 6) is 4.03. The minimum absolute atomic E-state index is 0. The number of thiocyanates is 2. The quantitative estimate of drug-likeness (QED) is 0.113. The van der Waals surface area contributed by atoms with Crippen LogP contribution in [0.4, 0.5) is 0 Å². The number of nitriles is 2. The molecular formula is C30H56CuN4S2-4. The van der Waals surface area contributed by atoms with Gasteiger partial charge in [-0.05, 0) is 23.7 Å². The average Bonchev–Trinajstić information content (AvgIpc) is 2.91. The summed E-state index contributed by atoms with van der Waals surface area (Å²) in [5, 5.41) is 25.9. The van der Waals surface area contributed by atoms with E-state index in [1.54, 1.807) is 0 Å². The van der Waals surface area contributed by atoms with Gasteiger partial charge < -0.3 is 35.9 Å². The SMILES string of the molecule is CCCCC(CCCC)C1CC[N-]CC1.CCCCC(CCCC)C1CC[N-]CC1.N#C[S-].N#C[S-].[Cu]. The van der Waals surface area contributed by atoms with Gasteiger partial charge in [-0.25, -0.2) is 10.5 Å². The van der Waals surface area contributed by atoms with Gasteiger partial charge in [-0.1, -0.05) is 141 Å². The first-order valence-electron chi connectivity index (χ1n) is 14.9. The van der Waals surface area contributed by atoms with E-state index in [1.165, 1.54) is 114 Å². The van der Waals surface area contributed by atoms with E-state index in [9.17, 15) is 0 Å². The van der Waals surface area contributed by atoms with Gasteiger partial charge in [0, 0.05) is 17.1 Å². The van der Waals surface area contributed by atoms with E-state index in [4.69, 9.17) is 10.5 Å². The molecule has 0 atom stereocenters. The van der Waals surface area contributed by atoms with Gasteiger partial charge >= 0.3 is 0 Å². The standard InChI is InChI=1S/2C14H28N.2CHNS.Cu/c2*1-3-5-7-13(8-6-4-2)14-9-11-15-12-10-14;2*2-1-3;/h2*13-14H,3-12H2,1-2H3;2*3H;/q2*-1;;;/p-2. The number of piperidine rings is 2. The molecule has 2 saturated heterocycles. The molecule has 2 heterocycles. The third-order valence-corrected chi connectivity index (χ3v) is 7.68. The number of unbranched alkanes of at least 4 members (excludes halogenated alkanes) is 4. The first kappa shape index (κ1) is 41.3. The molecule has 0 aromatic heterocycles. The molecule has 0 aliphatic carbocycles. The van der Waals surface area contributed by atoms with E-state index >= 15 is 0 Å². The molecule has 1 radical (unpaired) electrons. The van der Waals surface area contributed by atoms with Crippen molar-refractivity contribution in [2.75, 3.05) is 26.2 Å². The summed E-state index contributed by atoms with van der Waals surface area (Å²) in [6, 6.07) is 0. The maximum absolute atomic E-state index is 7.13. The second-order valence-corrected chi connectivity index (χ2v) is 10.7. The van der Waals surface area contributed by atoms with Crippen molar-refractivity contribution in [3.05, 3.63) is 10.6 Å². The van der Waals surface area contributed by atoms with Crippen LogP contribution >= 0.6 is 0 Å². The van der Waals surface area contributed by atoms with Crippen molar-refractivity contribution in [1.29, 1.82) is 10.5 Å². The zero-order valence-electron chi connectivity index (χ0n) is 24.4. The molecule has 2 fully saturated rings. The molecule has 7 heteroatoms. The predicted molar refractivity (Wildman–Crippen MR) is 163 cm³/mol. The summed E-state index contributed by atoms with van der Waals surface area (Å²) in [4.78, 5) is 0. The normalized spacial score (nSPS) is 15.5. The molecule has 37 heavy (non-hydrogen) atoms. The van der Waals surface area contributed by atoms with Crippen LogP contribution in [-0.2, 0) is 42.3 Å². The van der Waals surface area contributed by atoms with E-state index < -0.39 is 0 Å². The Morgan fingerprint density at radius 2 is 0.811 bits per heavy atom. The molecule has 0 N–H and O–H groups in total. The van der Waals surface area contributed by atoms with Crippen LogP contribution in [0.1, 0.15) is 130 Å². The molecule has 2 aliphatic rings. The van der Waals surface area contributed by atoms with E-state index in [0.29, 0.717) is 0 Å². The monoisotopic (exact) mass is 599 g/mol. The van der Waals surface area contributed by atoms with E-state index in [0.717, 1.165) is 49.9 Å². The number of nitrogens with zero attached hydrogens (tertiary/aromatic N) is 4. The number of rotatable bonds is 14. The molecule has 0 saturated carbocycles. The van der Waals surface area contributed by atoms with Crippen LogP contribution in [0.3, 0.4) is 0 Å². The zero-order valence-corrected chi connectivity index (χ0v) is 26.9. The van der Waals surface area contributed by atoms with Crippen molar-refractivity contribution < 1.29 is 17.1 Å². The van der Waals surface area contributed by atoms with Crippen molar-refractivity contribution in [2.45, 2.75) is 130 Å². The van der Waals surface area contributed by atoms with Crippen molar-refractivity contribution in [2.24, 2.45) is 23.7 Å². The van der Waals surface area contributed by atoms with Crippen molar-refractivity contribution in [3.8, 4) is 10.8 Å². The van der Waals surface area contributed by atoms with Gasteiger partial charge in [0.25, 0.3) is 0 Å². The Balaban J connectivity index is -0.000000504. The number of hydrogen-bond acceptors (Lipinski definition) is 4. The van der Waals surface area contributed by atoms with E-state index in [2.05, 4.69) is 63.6 Å². The minimum atomic E-state index is 0. The van der Waals surface area contributed by atoms with Gasteiger partial charge in [0.2, 0.25) is 0 Å². The Morgan fingerprint density at radius 3 is 1.00 bits per heavy atom. The van der Waals surface area contributed by atoms with Crippen molar-refractivity contribution in [1.82, 2.24) is 0 Å². The first-order valence-corrected chi connectivity index (χ1v) is 15.7. The van der Waals surface area contributed by atoms with Crippen LogP contribution in [0.2, 0.25) is 0 Å². The zero-order chi connectivity index (χ0) is 27.3. The molecule has 4 nitrogen and oxygen atoms in total. The molecule has 0 amide bonds. The first-order chi connectivity index (χ1) is 17.6. The fourth-order valence-corrected chi connectivity index (χ4v) is 5.58. The Morgan fingerprint density at radius 1 is 0.595 bits per heavy atom. The Hall–Kier alpha value is -0.141. The van der Waals surface area contributed by atoms with Gasteiger partial charge in [0.05, 0.1) is 0 Å². The maximum Gasteiger partial charge on any atom is 0 e. The van der Waals surface area contributed by atoms with Crippen LogP contribution in [0.25, 0.3) is 10.6 Å². The summed E-state index contributed by atoms with van der Waals surface area (Å²) in [5.41, 5.74) is 0. The number of hydrogen-bond donors (Lipinski definition) is 0. The molecule has 0 spiro atoms. The fourth-order valence-electron chi connectivity index (χ4n) is 5.58. The molecule has 2 rings (SSSR count). The molecule has 223 valence electrons. The van der Waals surface area contributed by atoms with Crippen molar-refractivity contribution in [3.63, 3.8) is 0 Å². The van der Waals surface area contributed by atoms with Gasteiger partial charge in [0.15, 0.2) is 0 Å². The van der Waals surface area contributed by atoms with Gasteiger partial charge in [-0.15, -0.1) is 26.2 Å². The molecule has 2 aliphatic heterocycles. The predicted octanol–water partition coefficient (Wildman–Crippen LogP) is 9.56. The third-order valence-electron chi connectivity index (χ3n) is 7.68. The van der Waals surface area contributed by atoms with Crippen LogP contribution < -0.4 is 0 Å². The third kappa shape index (κ3) is 25.9.